The maximum atomic E-state index is 11.8. The zero-order valence-electron chi connectivity index (χ0n) is 12.9. The van der Waals surface area contributed by atoms with Gasteiger partial charge in [-0.05, 0) is 30.5 Å². The quantitative estimate of drug-likeness (QED) is 0.816. The summed E-state index contributed by atoms with van der Waals surface area (Å²) in [5, 5.41) is 12.3. The van der Waals surface area contributed by atoms with E-state index in [9.17, 15) is 9.59 Å². The van der Waals surface area contributed by atoms with Crippen molar-refractivity contribution in [3.63, 3.8) is 0 Å². The van der Waals surface area contributed by atoms with Crippen molar-refractivity contribution in [2.24, 2.45) is 5.92 Å². The molecule has 0 aliphatic carbocycles. The summed E-state index contributed by atoms with van der Waals surface area (Å²) in [6.45, 7) is 4.88. The predicted octanol–water partition coefficient (Wildman–Crippen LogP) is 2.48. The molecule has 6 heteroatoms. The van der Waals surface area contributed by atoms with Gasteiger partial charge in [-0.1, -0.05) is 37.6 Å². The number of ether oxygens (including phenoxy) is 1. The lowest BCUT2D eigenvalue weighted by molar-refractivity contribution is -0.148. The second-order valence-electron chi connectivity index (χ2n) is 5.48. The van der Waals surface area contributed by atoms with Crippen molar-refractivity contribution in [1.29, 1.82) is 5.26 Å². The molecule has 0 heterocycles. The van der Waals surface area contributed by atoms with Crippen LogP contribution in [0.3, 0.4) is 0 Å². The molecule has 1 atom stereocenters. The standard InChI is InChI=1S/C16H19ClN2O3/c1-11(2)16(3,10-18)19-14(20)9-22-15(21)8-12-4-6-13(17)7-5-12/h4-7,11H,8-9H2,1-3H3,(H,19,20)/t16-/m1/s1. The van der Waals surface area contributed by atoms with Crippen LogP contribution in [0.25, 0.3) is 0 Å². The van der Waals surface area contributed by atoms with E-state index in [2.05, 4.69) is 11.4 Å². The molecule has 0 fully saturated rings. The van der Waals surface area contributed by atoms with Gasteiger partial charge in [0.2, 0.25) is 0 Å². The minimum absolute atomic E-state index is 0.0597. The molecule has 5 nitrogen and oxygen atoms in total. The van der Waals surface area contributed by atoms with Crippen LogP contribution in [0.15, 0.2) is 24.3 Å². The maximum Gasteiger partial charge on any atom is 0.310 e. The first-order valence-electron chi connectivity index (χ1n) is 6.89. The van der Waals surface area contributed by atoms with Gasteiger partial charge in [-0.25, -0.2) is 0 Å². The van der Waals surface area contributed by atoms with E-state index in [1.165, 1.54) is 0 Å². The Balaban J connectivity index is 2.45. The molecule has 0 radical (unpaired) electrons. The van der Waals surface area contributed by atoms with Gasteiger partial charge in [-0.2, -0.15) is 5.26 Å². The van der Waals surface area contributed by atoms with Gasteiger partial charge >= 0.3 is 5.97 Å². The van der Waals surface area contributed by atoms with Crippen molar-refractivity contribution in [3.8, 4) is 6.07 Å². The molecule has 1 aromatic rings. The molecule has 1 aromatic carbocycles. The fourth-order valence-corrected chi connectivity index (χ4v) is 1.72. The molecule has 118 valence electrons. The van der Waals surface area contributed by atoms with Crippen molar-refractivity contribution >= 4 is 23.5 Å². The van der Waals surface area contributed by atoms with Crippen LogP contribution in [-0.4, -0.2) is 24.0 Å². The van der Waals surface area contributed by atoms with Crippen LogP contribution in [0, 0.1) is 17.2 Å². The smallest absolute Gasteiger partial charge is 0.310 e. The van der Waals surface area contributed by atoms with E-state index in [-0.39, 0.29) is 12.3 Å². The lowest BCUT2D eigenvalue weighted by Gasteiger charge is -2.27. The molecule has 0 bridgehead atoms. The van der Waals surface area contributed by atoms with E-state index in [0.29, 0.717) is 5.02 Å². The normalized spacial score (nSPS) is 13.1. The Morgan fingerprint density at radius 3 is 2.45 bits per heavy atom. The molecule has 0 spiro atoms. The molecule has 0 saturated heterocycles. The summed E-state index contributed by atoms with van der Waals surface area (Å²) in [5.41, 5.74) is -0.238. The number of nitrogens with zero attached hydrogens (tertiary/aromatic N) is 1. The summed E-state index contributed by atoms with van der Waals surface area (Å²) >= 11 is 5.76. The van der Waals surface area contributed by atoms with Gasteiger partial charge in [0.05, 0.1) is 12.5 Å². The van der Waals surface area contributed by atoms with Crippen LogP contribution in [0.1, 0.15) is 26.3 Å². The molecule has 0 aliphatic rings. The first-order valence-corrected chi connectivity index (χ1v) is 7.27. The molecule has 0 saturated carbocycles. The third-order valence-electron chi connectivity index (χ3n) is 3.41. The SMILES string of the molecule is CC(C)[C@@](C)(C#N)NC(=O)COC(=O)Cc1ccc(Cl)cc1. The van der Waals surface area contributed by atoms with E-state index in [0.717, 1.165) is 5.56 Å². The van der Waals surface area contributed by atoms with Crippen molar-refractivity contribution in [1.82, 2.24) is 5.32 Å². The van der Waals surface area contributed by atoms with Crippen LogP contribution in [0.2, 0.25) is 5.02 Å². The lowest BCUT2D eigenvalue weighted by atomic mass is 9.90. The third-order valence-corrected chi connectivity index (χ3v) is 3.66. The molecule has 0 unspecified atom stereocenters. The fraction of sp³-hybridized carbons (Fsp3) is 0.438. The summed E-state index contributed by atoms with van der Waals surface area (Å²) in [5.74, 6) is -1.07. The van der Waals surface area contributed by atoms with Gasteiger partial charge < -0.3 is 10.1 Å². The number of amides is 1. The lowest BCUT2D eigenvalue weighted by Crippen LogP contribution is -2.50. The number of nitriles is 1. The van der Waals surface area contributed by atoms with Crippen molar-refractivity contribution < 1.29 is 14.3 Å². The number of halogens is 1. The second kappa shape index (κ2) is 7.81. The average molecular weight is 323 g/mol. The van der Waals surface area contributed by atoms with Crippen LogP contribution in [-0.2, 0) is 20.7 Å². The number of benzene rings is 1. The van der Waals surface area contributed by atoms with Crippen LogP contribution < -0.4 is 5.32 Å². The van der Waals surface area contributed by atoms with Crippen LogP contribution in [0.5, 0.6) is 0 Å². The number of hydrogen-bond acceptors (Lipinski definition) is 4. The first kappa shape index (κ1) is 18.0. The highest BCUT2D eigenvalue weighted by molar-refractivity contribution is 6.30. The minimum Gasteiger partial charge on any atom is -0.455 e. The molecular weight excluding hydrogens is 304 g/mol. The summed E-state index contributed by atoms with van der Waals surface area (Å²) in [6.07, 6.45) is 0.0597. The van der Waals surface area contributed by atoms with Gasteiger partial charge in [0.25, 0.3) is 5.91 Å². The molecule has 0 aliphatic heterocycles. The number of nitrogens with one attached hydrogen (secondary N) is 1. The van der Waals surface area contributed by atoms with E-state index in [1.54, 1.807) is 31.2 Å². The summed E-state index contributed by atoms with van der Waals surface area (Å²) in [4.78, 5) is 23.4. The average Bonchev–Trinajstić information content (AvgIpc) is 2.47. The number of carbonyl (C=O) groups excluding carboxylic acids is 2. The fourth-order valence-electron chi connectivity index (χ4n) is 1.59. The van der Waals surface area contributed by atoms with Gasteiger partial charge in [-0.3, -0.25) is 9.59 Å². The Morgan fingerprint density at radius 1 is 1.36 bits per heavy atom. The molecule has 1 amide bonds. The summed E-state index contributed by atoms with van der Waals surface area (Å²) in [7, 11) is 0. The molecular formula is C16H19ClN2O3. The van der Waals surface area contributed by atoms with Gasteiger partial charge in [-0.15, -0.1) is 0 Å². The van der Waals surface area contributed by atoms with Crippen molar-refractivity contribution in [2.75, 3.05) is 6.61 Å². The summed E-state index contributed by atoms with van der Waals surface area (Å²) < 4.78 is 4.91. The Labute approximate surface area is 135 Å². The van der Waals surface area contributed by atoms with Gasteiger partial charge in [0.15, 0.2) is 6.61 Å². The van der Waals surface area contributed by atoms with E-state index in [1.807, 2.05) is 13.8 Å². The van der Waals surface area contributed by atoms with Gasteiger partial charge in [0, 0.05) is 5.02 Å². The van der Waals surface area contributed by atoms with Crippen LogP contribution >= 0.6 is 11.6 Å². The Kier molecular flexibility index (Phi) is 6.39. The molecule has 22 heavy (non-hydrogen) atoms. The number of esters is 1. The van der Waals surface area contributed by atoms with Crippen molar-refractivity contribution in [2.45, 2.75) is 32.7 Å². The minimum atomic E-state index is -0.986. The number of rotatable bonds is 6. The highest BCUT2D eigenvalue weighted by atomic mass is 35.5. The monoisotopic (exact) mass is 322 g/mol. The van der Waals surface area contributed by atoms with Crippen LogP contribution in [0.4, 0.5) is 0 Å². The second-order valence-corrected chi connectivity index (χ2v) is 5.92. The Hall–Kier alpha value is -2.06. The third kappa shape index (κ3) is 5.38. The van der Waals surface area contributed by atoms with Crippen molar-refractivity contribution in [3.05, 3.63) is 34.9 Å². The predicted molar refractivity (Wildman–Crippen MR) is 83.1 cm³/mol. The van der Waals surface area contributed by atoms with E-state index >= 15 is 0 Å². The highest BCUT2D eigenvalue weighted by Crippen LogP contribution is 2.15. The highest BCUT2D eigenvalue weighted by Gasteiger charge is 2.30. The molecule has 1 rings (SSSR count). The molecule has 1 N–H and O–H groups in total. The zero-order valence-corrected chi connectivity index (χ0v) is 13.6. The Morgan fingerprint density at radius 2 is 1.95 bits per heavy atom. The van der Waals surface area contributed by atoms with E-state index in [4.69, 9.17) is 21.6 Å². The zero-order chi connectivity index (χ0) is 16.8. The number of hydrogen-bond donors (Lipinski definition) is 1. The topological polar surface area (TPSA) is 79.2 Å². The largest absolute Gasteiger partial charge is 0.455 e. The summed E-state index contributed by atoms with van der Waals surface area (Å²) in [6, 6.07) is 8.85. The van der Waals surface area contributed by atoms with E-state index < -0.39 is 24.0 Å². The first-order chi connectivity index (χ1) is 10.3. The number of carbonyl (C=O) groups is 2. The van der Waals surface area contributed by atoms with Gasteiger partial charge in [0.1, 0.15) is 5.54 Å². The Bertz CT molecular complexity index is 578. The molecule has 0 aromatic heterocycles. The maximum absolute atomic E-state index is 11.8.